The van der Waals surface area contributed by atoms with Crippen molar-refractivity contribution in [2.24, 2.45) is 5.92 Å². The van der Waals surface area contributed by atoms with E-state index >= 15 is 0 Å². The summed E-state index contributed by atoms with van der Waals surface area (Å²) >= 11 is 0. The van der Waals surface area contributed by atoms with E-state index in [1.165, 1.54) is 0 Å². The van der Waals surface area contributed by atoms with E-state index in [0.717, 1.165) is 41.5 Å². The third-order valence-corrected chi connectivity index (χ3v) is 6.15. The van der Waals surface area contributed by atoms with Gasteiger partial charge in [-0.2, -0.15) is 0 Å². The first kappa shape index (κ1) is 21.8. The van der Waals surface area contributed by atoms with Gasteiger partial charge in [0, 0.05) is 18.4 Å². The lowest BCUT2D eigenvalue weighted by Gasteiger charge is -2.33. The lowest BCUT2D eigenvalue weighted by Crippen LogP contribution is -2.46. The fourth-order valence-corrected chi connectivity index (χ4v) is 4.39. The van der Waals surface area contributed by atoms with Crippen molar-refractivity contribution in [3.63, 3.8) is 0 Å². The van der Waals surface area contributed by atoms with Gasteiger partial charge in [-0.1, -0.05) is 55.0 Å². The fourth-order valence-electron chi connectivity index (χ4n) is 4.39. The predicted octanol–water partition coefficient (Wildman–Crippen LogP) is 3.22. The van der Waals surface area contributed by atoms with Gasteiger partial charge in [-0.05, 0) is 41.0 Å². The minimum atomic E-state index is -1.18. The Morgan fingerprint density at radius 1 is 1.00 bits per heavy atom. The zero-order valence-corrected chi connectivity index (χ0v) is 17.6. The van der Waals surface area contributed by atoms with Crippen molar-refractivity contribution in [3.8, 4) is 11.1 Å². The molecule has 2 aromatic carbocycles. The van der Waals surface area contributed by atoms with Gasteiger partial charge in [-0.3, -0.25) is 9.63 Å². The van der Waals surface area contributed by atoms with Gasteiger partial charge in [0.05, 0.1) is 0 Å². The molecule has 1 unspecified atom stereocenters. The van der Waals surface area contributed by atoms with Gasteiger partial charge >= 0.3 is 12.1 Å². The maximum absolute atomic E-state index is 12.6. The van der Waals surface area contributed by atoms with E-state index in [-0.39, 0.29) is 24.9 Å². The van der Waals surface area contributed by atoms with Crippen LogP contribution < -0.4 is 10.8 Å². The van der Waals surface area contributed by atoms with Gasteiger partial charge < -0.3 is 15.2 Å². The lowest BCUT2D eigenvalue weighted by atomic mass is 9.78. The van der Waals surface area contributed by atoms with Gasteiger partial charge in [0.1, 0.15) is 6.61 Å². The Bertz CT molecular complexity index is 958. The number of hydrogen-bond donors (Lipinski definition) is 3. The van der Waals surface area contributed by atoms with Crippen LogP contribution in [0.2, 0.25) is 0 Å². The number of alkyl carbamates (subject to hydrolysis) is 1. The van der Waals surface area contributed by atoms with Crippen LogP contribution in [-0.2, 0) is 19.2 Å². The van der Waals surface area contributed by atoms with E-state index in [1.807, 2.05) is 24.3 Å². The van der Waals surface area contributed by atoms with E-state index < -0.39 is 30.6 Å². The van der Waals surface area contributed by atoms with Gasteiger partial charge in [-0.25, -0.2) is 15.1 Å². The number of carboxylic acids is 1. The van der Waals surface area contributed by atoms with E-state index in [1.54, 1.807) is 0 Å². The molecule has 4 rings (SSSR count). The SMILES string of the molecule is O=C(O)CONC(=O)CC(NC(=O)OCC1c2ccccc2-c2ccccc21)C1CCC1. The Labute approximate surface area is 185 Å². The standard InChI is InChI=1S/C24H26N2O6/c27-22(26-32-14-23(28)29)12-21(15-6-5-7-15)25-24(30)31-13-20-18-10-3-1-8-16(18)17-9-2-4-11-19(17)20/h1-4,8-11,15,20-21H,5-7,12-14H2,(H,25,30)(H,26,27)(H,28,29). The molecule has 1 saturated carbocycles. The zero-order chi connectivity index (χ0) is 22.5. The Kier molecular flexibility index (Phi) is 6.70. The van der Waals surface area contributed by atoms with Crippen molar-refractivity contribution >= 4 is 18.0 Å². The third-order valence-electron chi connectivity index (χ3n) is 6.15. The summed E-state index contributed by atoms with van der Waals surface area (Å²) in [6, 6.07) is 15.8. The highest BCUT2D eigenvalue weighted by Gasteiger charge is 2.32. The largest absolute Gasteiger partial charge is 0.479 e. The molecule has 2 amide bonds. The van der Waals surface area contributed by atoms with Crippen LogP contribution in [0, 0.1) is 5.92 Å². The molecule has 32 heavy (non-hydrogen) atoms. The first-order valence-electron chi connectivity index (χ1n) is 10.8. The second-order valence-electron chi connectivity index (χ2n) is 8.18. The van der Waals surface area contributed by atoms with Crippen molar-refractivity contribution in [1.82, 2.24) is 10.8 Å². The quantitative estimate of drug-likeness (QED) is 0.518. The molecule has 2 aromatic rings. The molecule has 0 heterocycles. The molecule has 8 heteroatoms. The smallest absolute Gasteiger partial charge is 0.407 e. The number of hydrogen-bond acceptors (Lipinski definition) is 5. The van der Waals surface area contributed by atoms with Gasteiger partial charge in [0.2, 0.25) is 5.91 Å². The normalized spacial score (nSPS) is 15.8. The maximum Gasteiger partial charge on any atom is 0.407 e. The van der Waals surface area contributed by atoms with Crippen molar-refractivity contribution in [2.45, 2.75) is 37.6 Å². The average Bonchev–Trinajstić information content (AvgIpc) is 3.04. The molecule has 0 aromatic heterocycles. The van der Waals surface area contributed by atoms with E-state index in [0.29, 0.717) is 0 Å². The Hall–Kier alpha value is -3.39. The number of fused-ring (bicyclic) bond motifs is 3. The minimum absolute atomic E-state index is 0.00548. The van der Waals surface area contributed by atoms with Crippen LogP contribution in [-0.4, -0.2) is 42.3 Å². The Morgan fingerprint density at radius 2 is 1.62 bits per heavy atom. The summed E-state index contributed by atoms with van der Waals surface area (Å²) in [5.74, 6) is -1.52. The lowest BCUT2D eigenvalue weighted by molar-refractivity contribution is -0.149. The highest BCUT2D eigenvalue weighted by atomic mass is 16.7. The first-order chi connectivity index (χ1) is 15.5. The van der Waals surface area contributed by atoms with Crippen molar-refractivity contribution < 1.29 is 29.1 Å². The summed E-state index contributed by atoms with van der Waals surface area (Å²) in [6.45, 7) is -0.426. The molecule has 0 radical (unpaired) electrons. The Balaban J connectivity index is 1.35. The number of carbonyl (C=O) groups is 3. The number of benzene rings is 2. The van der Waals surface area contributed by atoms with Crippen LogP contribution in [0.25, 0.3) is 11.1 Å². The molecule has 8 nitrogen and oxygen atoms in total. The van der Waals surface area contributed by atoms with Crippen LogP contribution >= 0.6 is 0 Å². The molecule has 3 N–H and O–H groups in total. The number of hydroxylamine groups is 1. The van der Waals surface area contributed by atoms with Crippen LogP contribution in [0.1, 0.15) is 42.7 Å². The second-order valence-corrected chi connectivity index (χ2v) is 8.18. The Morgan fingerprint density at radius 3 is 2.19 bits per heavy atom. The molecule has 168 valence electrons. The number of nitrogens with one attached hydrogen (secondary N) is 2. The van der Waals surface area contributed by atoms with Crippen LogP contribution in [0.5, 0.6) is 0 Å². The molecule has 0 saturated heterocycles. The van der Waals surface area contributed by atoms with Gasteiger partial charge in [0.25, 0.3) is 0 Å². The summed E-state index contributed by atoms with van der Waals surface area (Å²) in [5.41, 5.74) is 6.68. The number of rotatable bonds is 9. The summed E-state index contributed by atoms with van der Waals surface area (Å²) in [7, 11) is 0. The summed E-state index contributed by atoms with van der Waals surface area (Å²) in [4.78, 5) is 39.8. The molecule has 2 aliphatic carbocycles. The number of aliphatic carboxylic acids is 1. The molecule has 2 aliphatic rings. The number of ether oxygens (including phenoxy) is 1. The molecule has 1 fully saturated rings. The number of amides is 2. The first-order valence-corrected chi connectivity index (χ1v) is 10.8. The topological polar surface area (TPSA) is 114 Å². The molecular weight excluding hydrogens is 412 g/mol. The summed E-state index contributed by atoms with van der Waals surface area (Å²) < 4.78 is 5.59. The van der Waals surface area contributed by atoms with Crippen LogP contribution in [0.3, 0.4) is 0 Å². The highest BCUT2D eigenvalue weighted by Crippen LogP contribution is 2.44. The fraction of sp³-hybridized carbons (Fsp3) is 0.375. The summed E-state index contributed by atoms with van der Waals surface area (Å²) in [6.07, 6.45) is 2.30. The molecule has 0 bridgehead atoms. The molecule has 0 spiro atoms. The van der Waals surface area contributed by atoms with Crippen molar-refractivity contribution in [1.29, 1.82) is 0 Å². The molecule has 0 aliphatic heterocycles. The van der Waals surface area contributed by atoms with Crippen molar-refractivity contribution in [3.05, 3.63) is 59.7 Å². The van der Waals surface area contributed by atoms with Crippen molar-refractivity contribution in [2.75, 3.05) is 13.2 Å². The minimum Gasteiger partial charge on any atom is -0.479 e. The maximum atomic E-state index is 12.6. The summed E-state index contributed by atoms with van der Waals surface area (Å²) in [5, 5.41) is 11.4. The number of carboxylic acid groups (broad SMARTS) is 1. The average molecular weight is 438 g/mol. The van der Waals surface area contributed by atoms with Crippen LogP contribution in [0.15, 0.2) is 48.5 Å². The van der Waals surface area contributed by atoms with E-state index in [4.69, 9.17) is 9.84 Å². The number of carbonyl (C=O) groups excluding carboxylic acids is 2. The molecule has 1 atom stereocenters. The van der Waals surface area contributed by atoms with E-state index in [2.05, 4.69) is 39.9 Å². The second kappa shape index (κ2) is 9.82. The van der Waals surface area contributed by atoms with E-state index in [9.17, 15) is 14.4 Å². The monoisotopic (exact) mass is 438 g/mol. The van der Waals surface area contributed by atoms with Gasteiger partial charge in [-0.15, -0.1) is 0 Å². The van der Waals surface area contributed by atoms with Crippen LogP contribution in [0.4, 0.5) is 4.79 Å². The van der Waals surface area contributed by atoms with Gasteiger partial charge in [0.15, 0.2) is 6.61 Å². The highest BCUT2D eigenvalue weighted by molar-refractivity contribution is 5.79. The molecular formula is C24H26N2O6. The predicted molar refractivity (Wildman–Crippen MR) is 116 cm³/mol. The third kappa shape index (κ3) is 4.91. The zero-order valence-electron chi connectivity index (χ0n) is 17.6.